The molecule has 0 spiro atoms. The van der Waals surface area contributed by atoms with Crippen LogP contribution < -0.4 is 11.1 Å². The van der Waals surface area contributed by atoms with Crippen LogP contribution in [-0.4, -0.2) is 31.5 Å². The summed E-state index contributed by atoms with van der Waals surface area (Å²) in [7, 11) is -1.92. The predicted molar refractivity (Wildman–Crippen MR) is 74.8 cm³/mol. The molecule has 0 unspecified atom stereocenters. The Kier molecular flexibility index (Phi) is 3.67. The first kappa shape index (κ1) is 14.3. The summed E-state index contributed by atoms with van der Waals surface area (Å²) in [6, 6.07) is 5.84. The zero-order chi connectivity index (χ0) is 14.9. The second kappa shape index (κ2) is 5.12. The Morgan fingerprint density at radius 2 is 1.95 bits per heavy atom. The van der Waals surface area contributed by atoms with Crippen LogP contribution in [0.3, 0.4) is 0 Å². The molecule has 6 nitrogen and oxygen atoms in total. The quantitative estimate of drug-likeness (QED) is 0.882. The van der Waals surface area contributed by atoms with Crippen LogP contribution in [-0.2, 0) is 16.4 Å². The van der Waals surface area contributed by atoms with Gasteiger partial charge < -0.3 is 11.1 Å². The molecule has 1 aromatic heterocycles. The summed E-state index contributed by atoms with van der Waals surface area (Å²) < 4.78 is 37.7. The largest absolute Gasteiger partial charge is 0.383 e. The summed E-state index contributed by atoms with van der Waals surface area (Å²) in [5, 5.41) is 6.83. The standard InChI is InChI=1S/C12H15FN4O2S/c1-15-12-10(20(2,18)19)11(14)17(16-12)7-8-3-5-9(13)6-4-8/h3-6H,7,14H2,1-2H3,(H,15,16). The monoisotopic (exact) mass is 298 g/mol. The molecule has 0 aliphatic carbocycles. The lowest BCUT2D eigenvalue weighted by Gasteiger charge is -2.04. The third kappa shape index (κ3) is 2.74. The van der Waals surface area contributed by atoms with Crippen molar-refractivity contribution >= 4 is 21.5 Å². The zero-order valence-corrected chi connectivity index (χ0v) is 11.9. The number of halogens is 1. The summed E-state index contributed by atoms with van der Waals surface area (Å²) in [5.74, 6) is -0.0804. The summed E-state index contributed by atoms with van der Waals surface area (Å²) in [4.78, 5) is -0.0258. The second-order valence-electron chi connectivity index (χ2n) is 4.37. The van der Waals surface area contributed by atoms with Gasteiger partial charge >= 0.3 is 0 Å². The molecule has 3 N–H and O–H groups in total. The second-order valence-corrected chi connectivity index (χ2v) is 6.32. The first-order chi connectivity index (χ1) is 9.32. The maximum Gasteiger partial charge on any atom is 0.182 e. The lowest BCUT2D eigenvalue weighted by atomic mass is 10.2. The van der Waals surface area contributed by atoms with Crippen LogP contribution in [0.15, 0.2) is 29.2 Å². The third-order valence-corrected chi connectivity index (χ3v) is 3.94. The van der Waals surface area contributed by atoms with E-state index in [1.165, 1.54) is 16.8 Å². The van der Waals surface area contributed by atoms with Crippen LogP contribution in [0.25, 0.3) is 0 Å². The van der Waals surface area contributed by atoms with Gasteiger partial charge in [0.15, 0.2) is 20.6 Å². The van der Waals surface area contributed by atoms with Gasteiger partial charge in [-0.15, -0.1) is 0 Å². The number of benzene rings is 1. The lowest BCUT2D eigenvalue weighted by molar-refractivity contribution is 0.602. The molecule has 108 valence electrons. The van der Waals surface area contributed by atoms with Crippen molar-refractivity contribution in [1.82, 2.24) is 9.78 Å². The van der Waals surface area contributed by atoms with Crippen molar-refractivity contribution in [3.63, 3.8) is 0 Å². The van der Waals surface area contributed by atoms with E-state index in [1.807, 2.05) is 0 Å². The van der Waals surface area contributed by atoms with E-state index >= 15 is 0 Å². The highest BCUT2D eigenvalue weighted by Gasteiger charge is 2.23. The van der Waals surface area contributed by atoms with Gasteiger partial charge in [-0.3, -0.25) is 0 Å². The molecule has 0 radical (unpaired) electrons. The molecule has 0 amide bonds. The van der Waals surface area contributed by atoms with E-state index < -0.39 is 9.84 Å². The molecule has 20 heavy (non-hydrogen) atoms. The van der Waals surface area contributed by atoms with Gasteiger partial charge in [-0.25, -0.2) is 17.5 Å². The molecule has 1 heterocycles. The smallest absolute Gasteiger partial charge is 0.182 e. The molecular weight excluding hydrogens is 283 g/mol. The summed E-state index contributed by atoms with van der Waals surface area (Å²) in [5.41, 5.74) is 6.62. The molecule has 0 fully saturated rings. The normalized spacial score (nSPS) is 11.6. The van der Waals surface area contributed by atoms with Gasteiger partial charge in [0, 0.05) is 13.3 Å². The van der Waals surface area contributed by atoms with Gasteiger partial charge in [0.1, 0.15) is 11.6 Å². The highest BCUT2D eigenvalue weighted by molar-refractivity contribution is 7.91. The topological polar surface area (TPSA) is 90.0 Å². The number of anilines is 2. The maximum absolute atomic E-state index is 12.8. The molecule has 0 saturated heterocycles. The Labute approximate surface area is 116 Å². The van der Waals surface area contributed by atoms with Crippen molar-refractivity contribution < 1.29 is 12.8 Å². The van der Waals surface area contributed by atoms with E-state index in [1.54, 1.807) is 19.2 Å². The summed E-state index contributed by atoms with van der Waals surface area (Å²) in [6.45, 7) is 0.260. The average Bonchev–Trinajstić information content (AvgIpc) is 2.69. The van der Waals surface area contributed by atoms with Crippen molar-refractivity contribution in [3.8, 4) is 0 Å². The molecule has 0 bridgehead atoms. The molecule has 0 aliphatic heterocycles. The number of nitrogens with two attached hydrogens (primary N) is 1. The number of hydrogen-bond acceptors (Lipinski definition) is 5. The van der Waals surface area contributed by atoms with E-state index in [0.717, 1.165) is 11.8 Å². The van der Waals surface area contributed by atoms with Gasteiger partial charge in [0.2, 0.25) is 0 Å². The van der Waals surface area contributed by atoms with Crippen molar-refractivity contribution in [2.75, 3.05) is 24.4 Å². The van der Waals surface area contributed by atoms with Crippen LogP contribution in [0.1, 0.15) is 5.56 Å². The number of nitrogens with zero attached hydrogens (tertiary/aromatic N) is 2. The van der Waals surface area contributed by atoms with Gasteiger partial charge in [-0.1, -0.05) is 12.1 Å². The van der Waals surface area contributed by atoms with E-state index in [0.29, 0.717) is 0 Å². The van der Waals surface area contributed by atoms with Crippen molar-refractivity contribution in [2.24, 2.45) is 0 Å². The molecule has 0 saturated carbocycles. The van der Waals surface area contributed by atoms with Gasteiger partial charge in [-0.2, -0.15) is 5.10 Å². The molecule has 0 aliphatic rings. The third-order valence-electron chi connectivity index (χ3n) is 2.80. The average molecular weight is 298 g/mol. The van der Waals surface area contributed by atoms with E-state index in [9.17, 15) is 12.8 Å². The Balaban J connectivity index is 2.43. The first-order valence-corrected chi connectivity index (χ1v) is 7.70. The molecular formula is C12H15FN4O2S. The van der Waals surface area contributed by atoms with Gasteiger partial charge in [0.25, 0.3) is 0 Å². The molecule has 1 aromatic carbocycles. The van der Waals surface area contributed by atoms with Gasteiger partial charge in [0.05, 0.1) is 6.54 Å². The number of sulfone groups is 1. The summed E-state index contributed by atoms with van der Waals surface area (Å²) in [6.07, 6.45) is 1.07. The molecule has 2 rings (SSSR count). The number of hydrogen-bond donors (Lipinski definition) is 2. The number of nitrogen functional groups attached to an aromatic ring is 1. The fourth-order valence-corrected chi connectivity index (χ4v) is 2.85. The van der Waals surface area contributed by atoms with Crippen LogP contribution in [0.4, 0.5) is 16.0 Å². The van der Waals surface area contributed by atoms with Crippen molar-refractivity contribution in [1.29, 1.82) is 0 Å². The molecule has 8 heteroatoms. The van der Waals surface area contributed by atoms with E-state index in [2.05, 4.69) is 10.4 Å². The maximum atomic E-state index is 12.8. The Morgan fingerprint density at radius 3 is 2.40 bits per heavy atom. The van der Waals surface area contributed by atoms with Crippen molar-refractivity contribution in [3.05, 3.63) is 35.6 Å². The fourth-order valence-electron chi connectivity index (χ4n) is 1.87. The number of aromatic nitrogens is 2. The van der Waals surface area contributed by atoms with Gasteiger partial charge in [-0.05, 0) is 17.7 Å². The van der Waals surface area contributed by atoms with Crippen LogP contribution in [0.5, 0.6) is 0 Å². The number of rotatable bonds is 4. The van der Waals surface area contributed by atoms with E-state index in [4.69, 9.17) is 5.73 Å². The minimum absolute atomic E-state index is 0.0258. The predicted octanol–water partition coefficient (Wildman–Crippen LogP) is 1.10. The molecule has 2 aromatic rings. The highest BCUT2D eigenvalue weighted by atomic mass is 32.2. The zero-order valence-electron chi connectivity index (χ0n) is 11.1. The van der Waals surface area contributed by atoms with Crippen LogP contribution >= 0.6 is 0 Å². The van der Waals surface area contributed by atoms with Crippen molar-refractivity contribution in [2.45, 2.75) is 11.4 Å². The minimum atomic E-state index is -3.49. The molecule has 0 atom stereocenters. The van der Waals surface area contributed by atoms with Crippen LogP contribution in [0, 0.1) is 5.82 Å². The Hall–Kier alpha value is -2.09. The first-order valence-electron chi connectivity index (χ1n) is 5.81. The SMILES string of the molecule is CNc1nn(Cc2ccc(F)cc2)c(N)c1S(C)(=O)=O. The Bertz CT molecular complexity index is 723. The summed E-state index contributed by atoms with van der Waals surface area (Å²) >= 11 is 0. The highest BCUT2D eigenvalue weighted by Crippen LogP contribution is 2.27. The Morgan fingerprint density at radius 1 is 1.35 bits per heavy atom. The minimum Gasteiger partial charge on any atom is -0.383 e. The lowest BCUT2D eigenvalue weighted by Crippen LogP contribution is -2.08. The fraction of sp³-hybridized carbons (Fsp3) is 0.250. The van der Waals surface area contributed by atoms with E-state index in [-0.39, 0.29) is 28.9 Å². The number of nitrogens with one attached hydrogen (secondary N) is 1. The van der Waals surface area contributed by atoms with Crippen LogP contribution in [0.2, 0.25) is 0 Å².